The Bertz CT molecular complexity index is 1680. The molecule has 12 heteroatoms. The largest absolute Gasteiger partial charge is 0.463 e. The number of fused-ring (bicyclic) bond motifs is 2. The zero-order valence-electron chi connectivity index (χ0n) is 17.8. The number of rotatable bonds is 3. The molecule has 0 unspecified atom stereocenters. The SMILES string of the molecule is CSC1=C(C(N)=O)C(N)=Nc2c(C#N)c(-c3coc4ccc(C)cc4c3=O)c(C#N)c(=O)n2N1. The molecule has 0 atom stereocenters. The van der Waals surface area contributed by atoms with Crippen LogP contribution in [0.2, 0.25) is 0 Å². The predicted molar refractivity (Wildman–Crippen MR) is 127 cm³/mol. The summed E-state index contributed by atoms with van der Waals surface area (Å²) in [5.74, 6) is -1.56. The number of primary amides is 1. The number of carbonyl (C=O) groups excluding carboxylic acids is 1. The van der Waals surface area contributed by atoms with Crippen LogP contribution in [0.25, 0.3) is 22.1 Å². The molecule has 11 nitrogen and oxygen atoms in total. The summed E-state index contributed by atoms with van der Waals surface area (Å²) in [6.07, 6.45) is 2.69. The summed E-state index contributed by atoms with van der Waals surface area (Å²) in [7, 11) is 0. The summed E-state index contributed by atoms with van der Waals surface area (Å²) in [5, 5.41) is 20.2. The van der Waals surface area contributed by atoms with Gasteiger partial charge in [0.2, 0.25) is 5.43 Å². The highest BCUT2D eigenvalue weighted by atomic mass is 32.2. The number of nitrogens with zero attached hydrogens (tertiary/aromatic N) is 4. The molecule has 3 heterocycles. The van der Waals surface area contributed by atoms with Gasteiger partial charge < -0.3 is 15.9 Å². The van der Waals surface area contributed by atoms with Crippen molar-refractivity contribution in [1.29, 1.82) is 10.5 Å². The number of carbonyl (C=O) groups is 1. The smallest absolute Gasteiger partial charge is 0.289 e. The zero-order valence-corrected chi connectivity index (χ0v) is 18.6. The van der Waals surface area contributed by atoms with Gasteiger partial charge in [0, 0.05) is 5.56 Å². The molecule has 3 aromatic rings. The number of nitrogens with one attached hydrogen (secondary N) is 1. The number of hydrogen-bond acceptors (Lipinski definition) is 10. The summed E-state index contributed by atoms with van der Waals surface area (Å²) >= 11 is 1.02. The van der Waals surface area contributed by atoms with Gasteiger partial charge in [-0.25, -0.2) is 4.99 Å². The summed E-state index contributed by atoms with van der Waals surface area (Å²) in [5.41, 5.74) is 12.3. The number of aromatic nitrogens is 1. The number of hydrogen-bond donors (Lipinski definition) is 3. The molecule has 0 fully saturated rings. The molecule has 0 radical (unpaired) electrons. The van der Waals surface area contributed by atoms with Gasteiger partial charge in [0.1, 0.15) is 51.5 Å². The molecule has 0 bridgehead atoms. The topological polar surface area (TPSA) is 193 Å². The molecule has 34 heavy (non-hydrogen) atoms. The zero-order chi connectivity index (χ0) is 24.7. The third kappa shape index (κ3) is 3.30. The number of benzene rings is 1. The first-order chi connectivity index (χ1) is 16.2. The normalized spacial score (nSPS) is 12.8. The van der Waals surface area contributed by atoms with Gasteiger partial charge in [-0.3, -0.25) is 19.8 Å². The third-order valence-corrected chi connectivity index (χ3v) is 5.85. The van der Waals surface area contributed by atoms with Gasteiger partial charge >= 0.3 is 0 Å². The predicted octanol–water partition coefficient (Wildman–Crippen LogP) is 1.28. The monoisotopic (exact) mass is 473 g/mol. The minimum Gasteiger partial charge on any atom is -0.463 e. The van der Waals surface area contributed by atoms with Crippen LogP contribution in [-0.4, -0.2) is 22.7 Å². The van der Waals surface area contributed by atoms with E-state index in [0.29, 0.717) is 5.58 Å². The Hall–Kier alpha value is -4.81. The molecule has 0 aliphatic carbocycles. The fraction of sp³-hybridized carbons (Fsp3) is 0.0909. The van der Waals surface area contributed by atoms with Crippen LogP contribution in [0.4, 0.5) is 5.82 Å². The molecule has 0 saturated carbocycles. The lowest BCUT2D eigenvalue weighted by molar-refractivity contribution is -0.114. The van der Waals surface area contributed by atoms with Crippen molar-refractivity contribution < 1.29 is 9.21 Å². The molecular formula is C22H15N7O4S. The molecule has 4 rings (SSSR count). The average Bonchev–Trinajstić information content (AvgIpc) is 2.96. The summed E-state index contributed by atoms with van der Waals surface area (Å²) in [6.45, 7) is 1.79. The van der Waals surface area contributed by atoms with E-state index in [9.17, 15) is 24.9 Å². The van der Waals surface area contributed by atoms with Crippen molar-refractivity contribution >= 4 is 40.3 Å². The van der Waals surface area contributed by atoms with E-state index in [0.717, 1.165) is 28.3 Å². The van der Waals surface area contributed by atoms with Crippen molar-refractivity contribution in [3.8, 4) is 23.3 Å². The van der Waals surface area contributed by atoms with Gasteiger partial charge in [-0.15, -0.1) is 11.8 Å². The van der Waals surface area contributed by atoms with Crippen LogP contribution in [0, 0.1) is 29.6 Å². The molecule has 1 aliphatic heterocycles. The Morgan fingerprint density at radius 2 is 1.94 bits per heavy atom. The average molecular weight is 473 g/mol. The van der Waals surface area contributed by atoms with Crippen LogP contribution in [-0.2, 0) is 4.79 Å². The van der Waals surface area contributed by atoms with Crippen LogP contribution in [0.3, 0.4) is 0 Å². The first-order valence-electron chi connectivity index (χ1n) is 9.58. The Morgan fingerprint density at radius 3 is 2.56 bits per heavy atom. The van der Waals surface area contributed by atoms with Gasteiger partial charge in [0.25, 0.3) is 11.5 Å². The number of pyridine rings is 1. The number of aliphatic imine (C=N–C) groups is 1. The van der Waals surface area contributed by atoms with Crippen LogP contribution in [0.15, 0.2) is 54.1 Å². The van der Waals surface area contributed by atoms with E-state index in [4.69, 9.17) is 15.9 Å². The first kappa shape index (κ1) is 22.4. The van der Waals surface area contributed by atoms with Gasteiger partial charge in [-0.05, 0) is 25.3 Å². The Kier molecular flexibility index (Phi) is 5.45. The summed E-state index contributed by atoms with van der Waals surface area (Å²) in [6, 6.07) is 8.66. The van der Waals surface area contributed by atoms with E-state index < -0.39 is 22.5 Å². The van der Waals surface area contributed by atoms with Gasteiger partial charge in [-0.2, -0.15) is 15.2 Å². The van der Waals surface area contributed by atoms with E-state index >= 15 is 0 Å². The first-order valence-corrected chi connectivity index (χ1v) is 10.8. The van der Waals surface area contributed by atoms with Crippen LogP contribution in [0.1, 0.15) is 16.7 Å². The summed E-state index contributed by atoms with van der Waals surface area (Å²) in [4.78, 5) is 42.7. The number of amidine groups is 1. The second-order valence-electron chi connectivity index (χ2n) is 7.17. The molecule has 1 amide bonds. The van der Waals surface area contributed by atoms with Gasteiger partial charge in [0.05, 0.1) is 10.9 Å². The highest BCUT2D eigenvalue weighted by Crippen LogP contribution is 2.33. The van der Waals surface area contributed by atoms with Crippen molar-refractivity contribution in [2.45, 2.75) is 6.92 Å². The van der Waals surface area contributed by atoms with E-state index in [1.165, 1.54) is 0 Å². The molecule has 168 valence electrons. The van der Waals surface area contributed by atoms with Crippen molar-refractivity contribution in [1.82, 2.24) is 4.68 Å². The van der Waals surface area contributed by atoms with Crippen LogP contribution in [0.5, 0.6) is 0 Å². The maximum Gasteiger partial charge on any atom is 0.289 e. The number of nitriles is 2. The van der Waals surface area contributed by atoms with E-state index in [1.807, 2.05) is 6.07 Å². The van der Waals surface area contributed by atoms with Gasteiger partial charge in [0.15, 0.2) is 5.82 Å². The number of thioether (sulfide) groups is 1. The number of nitrogens with two attached hydrogens (primary N) is 2. The second-order valence-corrected chi connectivity index (χ2v) is 7.99. The Labute approximate surface area is 195 Å². The maximum absolute atomic E-state index is 13.3. The number of aryl methyl sites for hydroxylation is 1. The minimum absolute atomic E-state index is 0.0934. The van der Waals surface area contributed by atoms with Crippen molar-refractivity contribution in [2.24, 2.45) is 16.5 Å². The maximum atomic E-state index is 13.3. The fourth-order valence-electron chi connectivity index (χ4n) is 3.60. The molecule has 1 aromatic carbocycles. The quantitative estimate of drug-likeness (QED) is 0.502. The lowest BCUT2D eigenvalue weighted by Crippen LogP contribution is -2.32. The van der Waals surface area contributed by atoms with Crippen LogP contribution < -0.4 is 27.9 Å². The molecule has 0 saturated heterocycles. The Morgan fingerprint density at radius 1 is 1.24 bits per heavy atom. The lowest BCUT2D eigenvalue weighted by atomic mass is 9.96. The van der Waals surface area contributed by atoms with Crippen molar-refractivity contribution in [3.05, 3.63) is 72.3 Å². The molecular weight excluding hydrogens is 458 g/mol. The molecule has 1 aliphatic rings. The lowest BCUT2D eigenvalue weighted by Gasteiger charge is -2.16. The van der Waals surface area contributed by atoms with E-state index in [1.54, 1.807) is 37.4 Å². The summed E-state index contributed by atoms with van der Waals surface area (Å²) < 4.78 is 6.39. The molecule has 0 spiro atoms. The third-order valence-electron chi connectivity index (χ3n) is 5.15. The van der Waals surface area contributed by atoms with Crippen LogP contribution >= 0.6 is 11.8 Å². The number of amides is 1. The van der Waals surface area contributed by atoms with Crippen molar-refractivity contribution in [2.75, 3.05) is 11.7 Å². The van der Waals surface area contributed by atoms with E-state index in [2.05, 4.69) is 10.4 Å². The molecule has 2 aromatic heterocycles. The van der Waals surface area contributed by atoms with E-state index in [-0.39, 0.29) is 44.3 Å². The minimum atomic E-state index is -0.913. The standard InChI is InChI=1S/C22H15N7O4S/c1-9-3-4-14-10(5-9)17(30)13(8-33-14)15-11(6-23)20-27-18(25)16(19(26)31)21(34-2)28-29(20)22(32)12(15)7-24/h3-5,8,28H,1-2H3,(H2,25,27)(H2,26,31). The van der Waals surface area contributed by atoms with Gasteiger partial charge in [-0.1, -0.05) is 11.6 Å². The fourth-order valence-corrected chi connectivity index (χ4v) is 4.19. The second kappa shape index (κ2) is 8.27. The Balaban J connectivity index is 2.16. The molecule has 5 N–H and O–H groups in total. The van der Waals surface area contributed by atoms with Crippen molar-refractivity contribution in [3.63, 3.8) is 0 Å². The highest BCUT2D eigenvalue weighted by molar-refractivity contribution is 8.02. The highest BCUT2D eigenvalue weighted by Gasteiger charge is 2.30.